The van der Waals surface area contributed by atoms with Crippen molar-refractivity contribution in [3.63, 3.8) is 0 Å². The van der Waals surface area contributed by atoms with Gasteiger partial charge in [0, 0.05) is 29.9 Å². The quantitative estimate of drug-likeness (QED) is 0.418. The van der Waals surface area contributed by atoms with Crippen LogP contribution in [0.3, 0.4) is 0 Å². The Balaban J connectivity index is 1.60. The summed E-state index contributed by atoms with van der Waals surface area (Å²) in [5, 5.41) is 9.50. The molecule has 4 aromatic rings. The molecule has 0 N–H and O–H groups in total. The molecule has 11 heteroatoms. The smallest absolute Gasteiger partial charge is 0.368 e. The zero-order chi connectivity index (χ0) is 23.9. The predicted octanol–water partition coefficient (Wildman–Crippen LogP) is 4.66. The van der Waals surface area contributed by atoms with Gasteiger partial charge in [-0.1, -0.05) is 29.8 Å². The average molecular weight is 489 g/mol. The van der Waals surface area contributed by atoms with Crippen molar-refractivity contribution in [3.8, 4) is 11.1 Å². The fourth-order valence-electron chi connectivity index (χ4n) is 4.18. The standard InChI is InChI=1S/C23H20ClF3N6O/c24-17-7-5-16(6-8-17)18-13-29-33-21(20(18)31-10-2-1-3-11-31)30-32(22(33)34)14-15-4-9-19(28-12-15)23(25,26)27/h4-9,12-13H,1-3,10-11,14H2. The van der Waals surface area contributed by atoms with Crippen LogP contribution in [0.4, 0.5) is 18.9 Å². The maximum Gasteiger partial charge on any atom is 0.433 e. The van der Waals surface area contributed by atoms with Crippen molar-refractivity contribution >= 4 is 22.9 Å². The molecule has 1 aliphatic rings. The van der Waals surface area contributed by atoms with Crippen molar-refractivity contribution in [3.05, 3.63) is 75.6 Å². The molecule has 0 atom stereocenters. The number of fused-ring (bicyclic) bond motifs is 1. The van der Waals surface area contributed by atoms with Crippen LogP contribution >= 0.6 is 11.6 Å². The van der Waals surface area contributed by atoms with Crippen molar-refractivity contribution in [1.29, 1.82) is 0 Å². The van der Waals surface area contributed by atoms with Gasteiger partial charge >= 0.3 is 11.9 Å². The summed E-state index contributed by atoms with van der Waals surface area (Å²) in [6.07, 6.45) is 1.41. The summed E-state index contributed by atoms with van der Waals surface area (Å²) < 4.78 is 40.9. The molecule has 176 valence electrons. The normalized spacial score (nSPS) is 14.6. The first kappa shape index (κ1) is 22.4. The minimum absolute atomic E-state index is 0.0248. The zero-order valence-corrected chi connectivity index (χ0v) is 18.7. The van der Waals surface area contributed by atoms with E-state index >= 15 is 0 Å². The molecular weight excluding hydrogens is 469 g/mol. The van der Waals surface area contributed by atoms with E-state index in [2.05, 4.69) is 20.1 Å². The summed E-state index contributed by atoms with van der Waals surface area (Å²) in [7, 11) is 0. The highest BCUT2D eigenvalue weighted by molar-refractivity contribution is 6.30. The lowest BCUT2D eigenvalue weighted by atomic mass is 10.0. The molecule has 0 aliphatic carbocycles. The molecule has 7 nitrogen and oxygen atoms in total. The van der Waals surface area contributed by atoms with Crippen molar-refractivity contribution in [1.82, 2.24) is 24.4 Å². The summed E-state index contributed by atoms with van der Waals surface area (Å²) in [5.41, 5.74) is 1.90. The van der Waals surface area contributed by atoms with Crippen LogP contribution in [0.5, 0.6) is 0 Å². The third-order valence-corrected chi connectivity index (χ3v) is 6.11. The number of anilines is 1. The SMILES string of the molecule is O=c1n(Cc2ccc(C(F)(F)F)nc2)nc2c(N3CCCCC3)c(-c3ccc(Cl)cc3)cnn12. The van der Waals surface area contributed by atoms with Gasteiger partial charge in [0.05, 0.1) is 18.4 Å². The van der Waals surface area contributed by atoms with Crippen LogP contribution in [0.15, 0.2) is 53.6 Å². The Kier molecular flexibility index (Phi) is 5.76. The Morgan fingerprint density at radius 3 is 2.35 bits per heavy atom. The van der Waals surface area contributed by atoms with Crippen LogP contribution in [0, 0.1) is 0 Å². The monoisotopic (exact) mass is 488 g/mol. The van der Waals surface area contributed by atoms with Gasteiger partial charge in [0.2, 0.25) is 5.65 Å². The van der Waals surface area contributed by atoms with Gasteiger partial charge in [-0.05, 0) is 48.6 Å². The van der Waals surface area contributed by atoms with E-state index in [1.807, 2.05) is 12.1 Å². The first-order valence-electron chi connectivity index (χ1n) is 10.8. The second-order valence-corrected chi connectivity index (χ2v) is 8.62. The van der Waals surface area contributed by atoms with Crippen molar-refractivity contribution in [2.75, 3.05) is 18.0 Å². The number of benzene rings is 1. The van der Waals surface area contributed by atoms with Crippen molar-refractivity contribution in [2.24, 2.45) is 0 Å². The largest absolute Gasteiger partial charge is 0.433 e. The highest BCUT2D eigenvalue weighted by Crippen LogP contribution is 2.35. The van der Waals surface area contributed by atoms with Crippen molar-refractivity contribution in [2.45, 2.75) is 32.0 Å². The molecule has 0 bridgehead atoms. The molecule has 1 fully saturated rings. The molecule has 1 saturated heterocycles. The topological polar surface area (TPSA) is 68.3 Å². The molecular formula is C23H20ClF3N6O. The Bertz CT molecular complexity index is 1370. The Hall–Kier alpha value is -3.40. The Morgan fingerprint density at radius 1 is 0.971 bits per heavy atom. The third kappa shape index (κ3) is 4.25. The number of hydrogen-bond acceptors (Lipinski definition) is 5. The van der Waals surface area contributed by atoms with E-state index in [0.29, 0.717) is 16.2 Å². The first-order valence-corrected chi connectivity index (χ1v) is 11.2. The third-order valence-electron chi connectivity index (χ3n) is 5.86. The zero-order valence-electron chi connectivity index (χ0n) is 18.0. The number of nitrogens with zero attached hydrogens (tertiary/aromatic N) is 6. The summed E-state index contributed by atoms with van der Waals surface area (Å²) >= 11 is 6.06. The van der Waals surface area contributed by atoms with E-state index in [1.54, 1.807) is 18.3 Å². The lowest BCUT2D eigenvalue weighted by molar-refractivity contribution is -0.141. The lowest BCUT2D eigenvalue weighted by Gasteiger charge is -2.30. The van der Waals surface area contributed by atoms with E-state index in [-0.39, 0.29) is 6.54 Å². The van der Waals surface area contributed by atoms with E-state index < -0.39 is 17.6 Å². The minimum atomic E-state index is -4.52. The molecule has 0 unspecified atom stereocenters. The van der Waals surface area contributed by atoms with E-state index in [0.717, 1.165) is 61.4 Å². The summed E-state index contributed by atoms with van der Waals surface area (Å²) in [6, 6.07) is 9.57. The van der Waals surface area contributed by atoms with Gasteiger partial charge in [-0.25, -0.2) is 9.48 Å². The number of rotatable bonds is 4. The van der Waals surface area contributed by atoms with Crippen LogP contribution in [0.25, 0.3) is 16.8 Å². The summed E-state index contributed by atoms with van der Waals surface area (Å²) in [6.45, 7) is 1.62. The second kappa shape index (κ2) is 8.75. The Morgan fingerprint density at radius 2 is 1.71 bits per heavy atom. The fourth-order valence-corrected chi connectivity index (χ4v) is 4.31. The maximum atomic E-state index is 13.1. The summed E-state index contributed by atoms with van der Waals surface area (Å²) in [4.78, 5) is 18.7. The van der Waals surface area contributed by atoms with Crippen LogP contribution in [0.1, 0.15) is 30.5 Å². The number of alkyl halides is 3. The van der Waals surface area contributed by atoms with E-state index in [4.69, 9.17) is 11.6 Å². The number of aromatic nitrogens is 5. The van der Waals surface area contributed by atoms with Gasteiger partial charge in [0.1, 0.15) is 5.69 Å². The number of hydrogen-bond donors (Lipinski definition) is 0. The molecule has 4 heterocycles. The number of pyridine rings is 1. The highest BCUT2D eigenvalue weighted by Gasteiger charge is 2.32. The summed E-state index contributed by atoms with van der Waals surface area (Å²) in [5.74, 6) is 0. The molecule has 1 aromatic carbocycles. The predicted molar refractivity (Wildman–Crippen MR) is 122 cm³/mol. The van der Waals surface area contributed by atoms with Gasteiger partial charge in [-0.2, -0.15) is 22.8 Å². The van der Waals surface area contributed by atoms with Crippen LogP contribution in [-0.2, 0) is 12.7 Å². The Labute approximate surface area is 197 Å². The maximum absolute atomic E-state index is 13.1. The molecule has 34 heavy (non-hydrogen) atoms. The lowest BCUT2D eigenvalue weighted by Crippen LogP contribution is -2.31. The first-order chi connectivity index (χ1) is 16.3. The molecule has 0 amide bonds. The van der Waals surface area contributed by atoms with E-state index in [9.17, 15) is 18.0 Å². The van der Waals surface area contributed by atoms with Crippen molar-refractivity contribution < 1.29 is 13.2 Å². The van der Waals surface area contributed by atoms with E-state index in [1.165, 1.54) is 15.3 Å². The van der Waals surface area contributed by atoms with Crippen LogP contribution in [0.2, 0.25) is 5.02 Å². The van der Waals surface area contributed by atoms with Gasteiger partial charge < -0.3 is 4.90 Å². The van der Waals surface area contributed by atoms with Gasteiger partial charge in [0.15, 0.2) is 0 Å². The van der Waals surface area contributed by atoms with Gasteiger partial charge in [-0.3, -0.25) is 4.98 Å². The van der Waals surface area contributed by atoms with Crippen LogP contribution < -0.4 is 10.6 Å². The van der Waals surface area contributed by atoms with Gasteiger partial charge in [0.25, 0.3) is 0 Å². The molecule has 1 aliphatic heterocycles. The fraction of sp³-hybridized carbons (Fsp3) is 0.304. The molecule has 5 rings (SSSR count). The highest BCUT2D eigenvalue weighted by atomic mass is 35.5. The molecule has 0 spiro atoms. The number of piperidine rings is 1. The second-order valence-electron chi connectivity index (χ2n) is 8.19. The molecule has 0 radical (unpaired) electrons. The molecule has 3 aromatic heterocycles. The average Bonchev–Trinajstić information content (AvgIpc) is 3.14. The number of halogens is 4. The van der Waals surface area contributed by atoms with Crippen LogP contribution in [-0.4, -0.2) is 37.5 Å². The van der Waals surface area contributed by atoms with Gasteiger partial charge in [-0.15, -0.1) is 5.10 Å². The minimum Gasteiger partial charge on any atom is -0.368 e. The molecule has 0 saturated carbocycles.